The summed E-state index contributed by atoms with van der Waals surface area (Å²) in [5.41, 5.74) is 0. The minimum Gasteiger partial charge on any atom is -0.439 e. The van der Waals surface area contributed by atoms with Gasteiger partial charge in [-0.3, -0.25) is 4.79 Å². The molecule has 5 atom stereocenters. The van der Waals surface area contributed by atoms with Crippen molar-refractivity contribution in [1.29, 1.82) is 0 Å². The summed E-state index contributed by atoms with van der Waals surface area (Å²) in [6.07, 6.45) is 9.39. The van der Waals surface area contributed by atoms with Gasteiger partial charge in [0.1, 0.15) is 0 Å². The predicted octanol–water partition coefficient (Wildman–Crippen LogP) is 1.50. The van der Waals surface area contributed by atoms with E-state index in [4.69, 9.17) is 14.6 Å². The third-order valence-electron chi connectivity index (χ3n) is 5.71. The Morgan fingerprint density at radius 3 is 2.69 bits per heavy atom. The zero-order valence-electron chi connectivity index (χ0n) is 17.3. The van der Waals surface area contributed by atoms with Gasteiger partial charge in [0.15, 0.2) is 6.61 Å². The molecule has 0 aromatic rings. The number of carbonyl (C=O) groups is 2. The highest BCUT2D eigenvalue weighted by atomic mass is 16.6. The second-order valence-corrected chi connectivity index (χ2v) is 7.90. The Hall–Kier alpha value is -1.64. The van der Waals surface area contributed by atoms with Gasteiger partial charge in [0.2, 0.25) is 0 Å². The van der Waals surface area contributed by atoms with Crippen LogP contribution < -0.4 is 10.6 Å². The molecule has 2 fully saturated rings. The molecule has 0 saturated carbocycles. The van der Waals surface area contributed by atoms with Gasteiger partial charge < -0.3 is 30.3 Å². The fourth-order valence-corrected chi connectivity index (χ4v) is 4.06. The molecule has 2 rings (SSSR count). The van der Waals surface area contributed by atoms with Crippen LogP contribution in [0.2, 0.25) is 0 Å². The summed E-state index contributed by atoms with van der Waals surface area (Å²) in [5.74, 6) is 0.306. The lowest BCUT2D eigenvalue weighted by molar-refractivity contribution is -0.124. The third-order valence-corrected chi connectivity index (χ3v) is 5.71. The number of hydrogen-bond acceptors (Lipinski definition) is 6. The van der Waals surface area contributed by atoms with Gasteiger partial charge in [0, 0.05) is 19.0 Å². The Labute approximate surface area is 173 Å². The second-order valence-electron chi connectivity index (χ2n) is 7.90. The molecular formula is C21H36N2O6. The van der Waals surface area contributed by atoms with Gasteiger partial charge in [-0.05, 0) is 44.4 Å². The van der Waals surface area contributed by atoms with E-state index in [1.54, 1.807) is 0 Å². The average Bonchev–Trinajstić information content (AvgIpc) is 3.32. The normalized spacial score (nSPS) is 26.6. The maximum Gasteiger partial charge on any atom is 0.407 e. The van der Waals surface area contributed by atoms with Crippen molar-refractivity contribution >= 4 is 12.0 Å². The number of amides is 2. The summed E-state index contributed by atoms with van der Waals surface area (Å²) in [6.45, 7) is 2.61. The molecule has 0 radical (unpaired) electrons. The van der Waals surface area contributed by atoms with Crippen molar-refractivity contribution in [3.05, 3.63) is 12.2 Å². The summed E-state index contributed by atoms with van der Waals surface area (Å²) >= 11 is 0. The number of aliphatic hydroxyl groups is 2. The zero-order chi connectivity index (χ0) is 21.1. The molecule has 0 aromatic carbocycles. The van der Waals surface area contributed by atoms with Crippen molar-refractivity contribution in [2.75, 3.05) is 26.3 Å². The number of ether oxygens (including phenoxy) is 2. The van der Waals surface area contributed by atoms with Crippen LogP contribution in [-0.4, -0.2) is 66.8 Å². The number of aliphatic hydroxyl groups excluding tert-OH is 2. The van der Waals surface area contributed by atoms with Crippen LogP contribution >= 0.6 is 0 Å². The van der Waals surface area contributed by atoms with Gasteiger partial charge in [0.05, 0.1) is 24.9 Å². The number of allylic oxidation sites excluding steroid dienone is 2. The molecule has 0 spiro atoms. The summed E-state index contributed by atoms with van der Waals surface area (Å²) in [6, 6.07) is 0. The number of fused-ring (bicyclic) bond motifs is 2. The molecule has 2 saturated heterocycles. The minimum atomic E-state index is -0.663. The summed E-state index contributed by atoms with van der Waals surface area (Å²) in [7, 11) is 0. The SMILES string of the molecule is CCCCNC(=O)OCC(=O)NC[C@@H]1C(CC=CCC[C@@H](O)CO)[C@@H]2CC[C@H]1O2. The van der Waals surface area contributed by atoms with Crippen LogP contribution in [0.25, 0.3) is 0 Å². The van der Waals surface area contributed by atoms with Gasteiger partial charge in [-0.25, -0.2) is 4.79 Å². The van der Waals surface area contributed by atoms with Gasteiger partial charge in [-0.2, -0.15) is 0 Å². The lowest BCUT2D eigenvalue weighted by Crippen LogP contribution is -2.40. The summed E-state index contributed by atoms with van der Waals surface area (Å²) in [5, 5.41) is 23.7. The fourth-order valence-electron chi connectivity index (χ4n) is 4.06. The Balaban J connectivity index is 1.69. The van der Waals surface area contributed by atoms with Crippen LogP contribution in [0.15, 0.2) is 12.2 Å². The minimum absolute atomic E-state index is 0.174. The van der Waals surface area contributed by atoms with Crippen LogP contribution in [0.4, 0.5) is 4.79 Å². The quantitative estimate of drug-likeness (QED) is 0.269. The molecule has 2 amide bonds. The fraction of sp³-hybridized carbons (Fsp3) is 0.810. The molecular weight excluding hydrogens is 376 g/mol. The maximum atomic E-state index is 12.0. The molecule has 1 unspecified atom stereocenters. The number of alkyl carbamates (subject to hydrolysis) is 1. The lowest BCUT2D eigenvalue weighted by atomic mass is 9.77. The number of rotatable bonds is 13. The number of hydrogen-bond donors (Lipinski definition) is 4. The smallest absolute Gasteiger partial charge is 0.407 e. The van der Waals surface area contributed by atoms with E-state index in [1.807, 2.05) is 13.0 Å². The third kappa shape index (κ3) is 7.95. The first-order valence-electron chi connectivity index (χ1n) is 10.8. The van der Waals surface area contributed by atoms with E-state index in [0.717, 1.165) is 38.5 Å². The molecule has 2 bridgehead atoms. The Morgan fingerprint density at radius 2 is 1.97 bits per heavy atom. The van der Waals surface area contributed by atoms with Crippen LogP contribution in [0.3, 0.4) is 0 Å². The average molecular weight is 413 g/mol. The van der Waals surface area contributed by atoms with Crippen molar-refractivity contribution in [3.8, 4) is 0 Å². The standard InChI is InChI=1S/C21H36N2O6/c1-2-3-11-22-21(27)28-14-20(26)23-12-17-16(18-9-10-19(17)29-18)8-6-4-5-7-15(25)13-24/h4,6,15-19,24-25H,2-3,5,7-14H2,1H3,(H,22,27)(H,23,26)/t15-,16?,17-,18+,19-/m1/s1. The van der Waals surface area contributed by atoms with Gasteiger partial charge in [0.25, 0.3) is 5.91 Å². The monoisotopic (exact) mass is 412 g/mol. The van der Waals surface area contributed by atoms with E-state index in [-0.39, 0.29) is 37.2 Å². The Bertz CT molecular complexity index is 541. The van der Waals surface area contributed by atoms with Crippen molar-refractivity contribution in [2.24, 2.45) is 11.8 Å². The van der Waals surface area contributed by atoms with E-state index in [2.05, 4.69) is 16.7 Å². The molecule has 8 nitrogen and oxygen atoms in total. The summed E-state index contributed by atoms with van der Waals surface area (Å²) in [4.78, 5) is 23.5. The summed E-state index contributed by atoms with van der Waals surface area (Å²) < 4.78 is 11.0. The molecule has 2 heterocycles. The van der Waals surface area contributed by atoms with Crippen LogP contribution in [0.1, 0.15) is 51.9 Å². The second kappa shape index (κ2) is 12.8. The van der Waals surface area contributed by atoms with Crippen molar-refractivity contribution in [1.82, 2.24) is 10.6 Å². The van der Waals surface area contributed by atoms with Gasteiger partial charge >= 0.3 is 6.09 Å². The first-order chi connectivity index (χ1) is 14.0. The van der Waals surface area contributed by atoms with E-state index < -0.39 is 12.2 Å². The van der Waals surface area contributed by atoms with Crippen LogP contribution in [-0.2, 0) is 14.3 Å². The Morgan fingerprint density at radius 1 is 1.21 bits per heavy atom. The topological polar surface area (TPSA) is 117 Å². The van der Waals surface area contributed by atoms with E-state index in [0.29, 0.717) is 25.4 Å². The van der Waals surface area contributed by atoms with E-state index >= 15 is 0 Å². The molecule has 8 heteroatoms. The lowest BCUT2D eigenvalue weighted by Gasteiger charge is -2.27. The van der Waals surface area contributed by atoms with Crippen molar-refractivity contribution < 1.29 is 29.3 Å². The van der Waals surface area contributed by atoms with Gasteiger partial charge in [-0.1, -0.05) is 25.5 Å². The maximum absolute atomic E-state index is 12.0. The van der Waals surface area contributed by atoms with Crippen molar-refractivity contribution in [2.45, 2.75) is 70.2 Å². The first kappa shape index (κ1) is 23.6. The highest BCUT2D eigenvalue weighted by molar-refractivity contribution is 5.80. The van der Waals surface area contributed by atoms with Crippen LogP contribution in [0, 0.1) is 11.8 Å². The molecule has 166 valence electrons. The van der Waals surface area contributed by atoms with E-state index in [9.17, 15) is 14.7 Å². The molecule has 29 heavy (non-hydrogen) atoms. The van der Waals surface area contributed by atoms with Crippen LogP contribution in [0.5, 0.6) is 0 Å². The largest absolute Gasteiger partial charge is 0.439 e. The number of unbranched alkanes of at least 4 members (excludes halogenated alkanes) is 1. The molecule has 2 aliphatic rings. The zero-order valence-corrected chi connectivity index (χ0v) is 17.3. The van der Waals surface area contributed by atoms with E-state index in [1.165, 1.54) is 0 Å². The highest BCUT2D eigenvalue weighted by Gasteiger charge is 2.47. The van der Waals surface area contributed by atoms with Crippen molar-refractivity contribution in [3.63, 3.8) is 0 Å². The highest BCUT2D eigenvalue weighted by Crippen LogP contribution is 2.44. The Kier molecular flexibility index (Phi) is 10.5. The predicted molar refractivity (Wildman–Crippen MR) is 108 cm³/mol. The number of carbonyl (C=O) groups excluding carboxylic acids is 2. The van der Waals surface area contributed by atoms with Gasteiger partial charge in [-0.15, -0.1) is 0 Å². The molecule has 0 aromatic heterocycles. The molecule has 4 N–H and O–H groups in total. The number of nitrogens with one attached hydrogen (secondary N) is 2. The molecule has 0 aliphatic carbocycles. The molecule has 2 aliphatic heterocycles. The first-order valence-corrected chi connectivity index (χ1v) is 10.8.